The third-order valence-corrected chi connectivity index (χ3v) is 3.25. The van der Waals surface area contributed by atoms with Crippen LogP contribution >= 0.6 is 11.6 Å². The van der Waals surface area contributed by atoms with Crippen LogP contribution in [-0.2, 0) is 11.2 Å². The summed E-state index contributed by atoms with van der Waals surface area (Å²) >= 11 is 5.80. The molecule has 2 aromatic rings. The van der Waals surface area contributed by atoms with Crippen molar-refractivity contribution in [3.05, 3.63) is 64.4 Å². The summed E-state index contributed by atoms with van der Waals surface area (Å²) in [6.07, 6.45) is 0.658. The van der Waals surface area contributed by atoms with Crippen LogP contribution in [0.4, 0.5) is 10.1 Å². The van der Waals surface area contributed by atoms with E-state index in [0.717, 1.165) is 5.56 Å². The lowest BCUT2D eigenvalue weighted by molar-refractivity contribution is 0.102. The minimum Gasteiger partial charge on any atom is -0.384 e. The Morgan fingerprint density at radius 1 is 1.29 bits per heavy atom. The Hall–Kier alpha value is -1.91. The highest BCUT2D eigenvalue weighted by atomic mass is 35.5. The van der Waals surface area contributed by atoms with Crippen LogP contribution in [0.1, 0.15) is 15.9 Å². The number of nitrogens with one attached hydrogen (secondary N) is 1. The number of hydrogen-bond acceptors (Lipinski definition) is 2. The highest BCUT2D eigenvalue weighted by molar-refractivity contribution is 6.31. The van der Waals surface area contributed by atoms with Gasteiger partial charge >= 0.3 is 0 Å². The quantitative estimate of drug-likeness (QED) is 0.909. The van der Waals surface area contributed by atoms with Gasteiger partial charge in [0.15, 0.2) is 0 Å². The largest absolute Gasteiger partial charge is 0.384 e. The van der Waals surface area contributed by atoms with Gasteiger partial charge in [0, 0.05) is 17.8 Å². The molecule has 0 aliphatic rings. The monoisotopic (exact) mass is 307 g/mol. The van der Waals surface area contributed by atoms with Crippen molar-refractivity contribution in [1.82, 2.24) is 0 Å². The molecular weight excluding hydrogens is 293 g/mol. The molecular formula is C16H15ClFNO2. The maximum absolute atomic E-state index is 13.7. The van der Waals surface area contributed by atoms with E-state index in [9.17, 15) is 9.18 Å². The normalized spacial score (nSPS) is 10.4. The minimum absolute atomic E-state index is 0.0796. The van der Waals surface area contributed by atoms with Crippen molar-refractivity contribution in [2.45, 2.75) is 6.42 Å². The number of carbonyl (C=O) groups is 1. The number of ether oxygens (including phenoxy) is 1. The molecule has 5 heteroatoms. The molecule has 1 N–H and O–H groups in total. The lowest BCUT2D eigenvalue weighted by atomic mass is 10.1. The van der Waals surface area contributed by atoms with Crippen molar-refractivity contribution < 1.29 is 13.9 Å². The number of carbonyl (C=O) groups excluding carboxylic acids is 1. The fraction of sp³-hybridized carbons (Fsp3) is 0.188. The average Bonchev–Trinajstić information content (AvgIpc) is 2.48. The van der Waals surface area contributed by atoms with E-state index in [2.05, 4.69) is 5.32 Å². The smallest absolute Gasteiger partial charge is 0.258 e. The first-order chi connectivity index (χ1) is 10.1. The van der Waals surface area contributed by atoms with E-state index in [0.29, 0.717) is 23.7 Å². The first-order valence-electron chi connectivity index (χ1n) is 6.45. The van der Waals surface area contributed by atoms with Gasteiger partial charge in [-0.05, 0) is 36.2 Å². The van der Waals surface area contributed by atoms with Gasteiger partial charge in [-0.1, -0.05) is 29.8 Å². The van der Waals surface area contributed by atoms with Crippen molar-refractivity contribution in [3.8, 4) is 0 Å². The van der Waals surface area contributed by atoms with Crippen LogP contribution in [-0.4, -0.2) is 19.6 Å². The standard InChI is InChI=1S/C16H15ClFNO2/c1-21-9-8-11-4-2-3-5-15(11)19-16(20)13-10-12(17)6-7-14(13)18/h2-7,10H,8-9H2,1H3,(H,19,20). The molecule has 0 aromatic heterocycles. The molecule has 3 nitrogen and oxygen atoms in total. The number of benzene rings is 2. The van der Waals surface area contributed by atoms with E-state index in [1.807, 2.05) is 12.1 Å². The Bertz CT molecular complexity index is 646. The molecule has 21 heavy (non-hydrogen) atoms. The van der Waals surface area contributed by atoms with E-state index in [1.165, 1.54) is 18.2 Å². The molecule has 0 spiro atoms. The molecule has 0 aliphatic carbocycles. The fourth-order valence-electron chi connectivity index (χ4n) is 1.93. The molecule has 2 rings (SSSR count). The summed E-state index contributed by atoms with van der Waals surface area (Å²) in [6.45, 7) is 0.540. The van der Waals surface area contributed by atoms with Crippen LogP contribution in [0.25, 0.3) is 0 Å². The Morgan fingerprint density at radius 2 is 2.05 bits per heavy atom. The van der Waals surface area contributed by atoms with Crippen molar-refractivity contribution in [3.63, 3.8) is 0 Å². The summed E-state index contributed by atoms with van der Waals surface area (Å²) in [5, 5.41) is 3.02. The first kappa shape index (κ1) is 15.5. The van der Waals surface area contributed by atoms with Gasteiger partial charge in [0.1, 0.15) is 5.82 Å². The third kappa shape index (κ3) is 4.03. The van der Waals surface area contributed by atoms with Crippen LogP contribution in [0.3, 0.4) is 0 Å². The zero-order valence-corrected chi connectivity index (χ0v) is 12.3. The summed E-state index contributed by atoms with van der Waals surface area (Å²) in [6, 6.07) is 11.2. The molecule has 110 valence electrons. The Balaban J connectivity index is 2.21. The molecule has 0 atom stereocenters. The Morgan fingerprint density at radius 3 is 2.81 bits per heavy atom. The molecule has 0 unspecified atom stereocenters. The van der Waals surface area contributed by atoms with Gasteiger partial charge in [0.2, 0.25) is 0 Å². The number of rotatable bonds is 5. The molecule has 0 saturated heterocycles. The SMILES string of the molecule is COCCc1ccccc1NC(=O)c1cc(Cl)ccc1F. The van der Waals surface area contributed by atoms with Crippen LogP contribution < -0.4 is 5.32 Å². The molecule has 0 radical (unpaired) electrons. The van der Waals surface area contributed by atoms with Crippen molar-refractivity contribution >= 4 is 23.2 Å². The third-order valence-electron chi connectivity index (χ3n) is 3.01. The van der Waals surface area contributed by atoms with Gasteiger partial charge in [-0.2, -0.15) is 0 Å². The topological polar surface area (TPSA) is 38.3 Å². The number of halogens is 2. The van der Waals surface area contributed by atoms with E-state index in [4.69, 9.17) is 16.3 Å². The second kappa shape index (κ2) is 7.20. The number of anilines is 1. The van der Waals surface area contributed by atoms with Crippen molar-refractivity contribution in [1.29, 1.82) is 0 Å². The van der Waals surface area contributed by atoms with Crippen LogP contribution in [0.5, 0.6) is 0 Å². The Kier molecular flexibility index (Phi) is 5.31. The number of methoxy groups -OCH3 is 1. The van der Waals surface area contributed by atoms with Crippen LogP contribution in [0.15, 0.2) is 42.5 Å². The molecule has 0 saturated carbocycles. The number of hydrogen-bond donors (Lipinski definition) is 1. The predicted octanol–water partition coefficient (Wildman–Crippen LogP) is 3.92. The molecule has 1 amide bonds. The first-order valence-corrected chi connectivity index (χ1v) is 6.83. The highest BCUT2D eigenvalue weighted by Gasteiger charge is 2.14. The highest BCUT2D eigenvalue weighted by Crippen LogP contribution is 2.19. The summed E-state index contributed by atoms with van der Waals surface area (Å²) in [5.74, 6) is -1.13. The van der Waals surface area contributed by atoms with Crippen LogP contribution in [0, 0.1) is 5.82 Å². The van der Waals surface area contributed by atoms with E-state index < -0.39 is 11.7 Å². The van der Waals surface area contributed by atoms with Crippen LogP contribution in [0.2, 0.25) is 5.02 Å². The minimum atomic E-state index is -0.605. The summed E-state index contributed by atoms with van der Waals surface area (Å²) in [4.78, 5) is 12.2. The second-order valence-corrected chi connectivity index (χ2v) is 4.91. The van der Waals surface area contributed by atoms with Gasteiger partial charge in [0.05, 0.1) is 12.2 Å². The second-order valence-electron chi connectivity index (χ2n) is 4.48. The number of amides is 1. The molecule has 0 aliphatic heterocycles. The maximum Gasteiger partial charge on any atom is 0.258 e. The molecule has 0 bridgehead atoms. The van der Waals surface area contributed by atoms with E-state index in [-0.39, 0.29) is 5.56 Å². The van der Waals surface area contributed by atoms with Gasteiger partial charge in [-0.25, -0.2) is 4.39 Å². The van der Waals surface area contributed by atoms with Gasteiger partial charge in [-0.15, -0.1) is 0 Å². The fourth-order valence-corrected chi connectivity index (χ4v) is 2.11. The lowest BCUT2D eigenvalue weighted by Crippen LogP contribution is -2.15. The predicted molar refractivity (Wildman–Crippen MR) is 81.4 cm³/mol. The Labute approximate surface area is 127 Å². The molecule has 2 aromatic carbocycles. The zero-order chi connectivity index (χ0) is 15.2. The van der Waals surface area contributed by atoms with Gasteiger partial charge in [-0.3, -0.25) is 4.79 Å². The van der Waals surface area contributed by atoms with Gasteiger partial charge in [0.25, 0.3) is 5.91 Å². The van der Waals surface area contributed by atoms with Gasteiger partial charge < -0.3 is 10.1 Å². The van der Waals surface area contributed by atoms with Crippen molar-refractivity contribution in [2.75, 3.05) is 19.0 Å². The molecule has 0 fully saturated rings. The van der Waals surface area contributed by atoms with E-state index >= 15 is 0 Å². The zero-order valence-electron chi connectivity index (χ0n) is 11.5. The van der Waals surface area contributed by atoms with E-state index in [1.54, 1.807) is 19.2 Å². The summed E-state index contributed by atoms with van der Waals surface area (Å²) in [7, 11) is 1.61. The summed E-state index contributed by atoms with van der Waals surface area (Å²) < 4.78 is 18.7. The van der Waals surface area contributed by atoms with Crippen molar-refractivity contribution in [2.24, 2.45) is 0 Å². The lowest BCUT2D eigenvalue weighted by Gasteiger charge is -2.11. The molecule has 0 heterocycles. The summed E-state index contributed by atoms with van der Waals surface area (Å²) in [5.41, 5.74) is 1.48. The average molecular weight is 308 g/mol. The number of para-hydroxylation sites is 1. The maximum atomic E-state index is 13.7.